The molecule has 1 aliphatic rings. The molecule has 2 aromatic rings. The van der Waals surface area contributed by atoms with Crippen LogP contribution in [-0.2, 0) is 33.6 Å². The van der Waals surface area contributed by atoms with Crippen LogP contribution in [0.15, 0.2) is 18.2 Å². The van der Waals surface area contributed by atoms with Gasteiger partial charge in [-0.05, 0) is 57.7 Å². The van der Waals surface area contributed by atoms with Gasteiger partial charge in [0, 0.05) is 30.3 Å². The van der Waals surface area contributed by atoms with Crippen molar-refractivity contribution in [3.8, 4) is 0 Å². The van der Waals surface area contributed by atoms with Crippen molar-refractivity contribution in [3.05, 3.63) is 46.0 Å². The summed E-state index contributed by atoms with van der Waals surface area (Å²) in [6, 6.07) is 5.95. The molecule has 0 bridgehead atoms. The van der Waals surface area contributed by atoms with E-state index in [1.54, 1.807) is 0 Å². The summed E-state index contributed by atoms with van der Waals surface area (Å²) >= 11 is 6.15. The lowest BCUT2D eigenvalue weighted by Crippen LogP contribution is -2.25. The van der Waals surface area contributed by atoms with Crippen molar-refractivity contribution in [1.82, 2.24) is 14.8 Å². The summed E-state index contributed by atoms with van der Waals surface area (Å²) in [7, 11) is 0. The second-order valence-electron chi connectivity index (χ2n) is 8.64. The highest BCUT2D eigenvalue weighted by atomic mass is 35.5. The van der Waals surface area contributed by atoms with Crippen LogP contribution in [0.5, 0.6) is 0 Å². The zero-order chi connectivity index (χ0) is 21.2. The number of nitrogens with zero attached hydrogens (tertiary/aromatic N) is 3. The lowest BCUT2D eigenvalue weighted by atomic mass is 10.0. The number of aromatic nitrogens is 3. The normalized spacial score (nSPS) is 14.1. The van der Waals surface area contributed by atoms with Gasteiger partial charge in [0.1, 0.15) is 29.5 Å². The lowest BCUT2D eigenvalue weighted by Gasteiger charge is -2.19. The van der Waals surface area contributed by atoms with Crippen molar-refractivity contribution in [1.29, 1.82) is 0 Å². The van der Waals surface area contributed by atoms with Gasteiger partial charge in [0.2, 0.25) is 0 Å². The van der Waals surface area contributed by atoms with Crippen molar-refractivity contribution in [2.75, 3.05) is 0 Å². The number of aryl methyl sites for hydroxylation is 1. The highest BCUT2D eigenvalue weighted by molar-refractivity contribution is 6.31. The molecule has 1 fully saturated rings. The monoisotopic (exact) mass is 417 g/mol. The molecule has 156 valence electrons. The van der Waals surface area contributed by atoms with E-state index in [0.29, 0.717) is 36.2 Å². The van der Waals surface area contributed by atoms with Crippen LogP contribution in [0.2, 0.25) is 5.02 Å². The van der Waals surface area contributed by atoms with E-state index in [1.165, 1.54) is 0 Å². The van der Waals surface area contributed by atoms with E-state index < -0.39 is 5.60 Å². The molecule has 1 aliphatic carbocycles. The van der Waals surface area contributed by atoms with Crippen LogP contribution >= 0.6 is 11.6 Å². The van der Waals surface area contributed by atoms with Gasteiger partial charge in [-0.2, -0.15) is 0 Å². The molecule has 0 aliphatic heterocycles. The number of ether oxygens (including phenoxy) is 1. The Morgan fingerprint density at radius 1 is 1.17 bits per heavy atom. The topological polar surface area (TPSA) is 74.1 Å². The van der Waals surface area contributed by atoms with Crippen LogP contribution in [0.3, 0.4) is 0 Å². The summed E-state index contributed by atoms with van der Waals surface area (Å²) in [4.78, 5) is 24.7. The summed E-state index contributed by atoms with van der Waals surface area (Å²) in [6.45, 7) is 7.46. The summed E-state index contributed by atoms with van der Waals surface area (Å²) in [6.07, 6.45) is 3.43. The number of benzene rings is 1. The number of esters is 1. The maximum absolute atomic E-state index is 12.5. The molecule has 1 aromatic carbocycles. The summed E-state index contributed by atoms with van der Waals surface area (Å²) < 4.78 is 7.44. The smallest absolute Gasteiger partial charge is 0.314 e. The van der Waals surface area contributed by atoms with Gasteiger partial charge >= 0.3 is 5.97 Å². The average molecular weight is 418 g/mol. The standard InChI is InChI=1S/C22H28ClN3O3/c1-14-15(6-5-7-18(14)23)12-17(27)10-11-19-24-25-20(26(19)16-8-9-16)13-21(28)29-22(2,3)4/h5-7,16H,8-13H2,1-4H3. The number of Topliss-reactive ketones (excluding diaryl/α,β-unsaturated/α-hetero) is 1. The van der Waals surface area contributed by atoms with E-state index in [4.69, 9.17) is 16.3 Å². The molecular weight excluding hydrogens is 390 g/mol. The fraction of sp³-hybridized carbons (Fsp3) is 0.545. The lowest BCUT2D eigenvalue weighted by molar-refractivity contribution is -0.154. The minimum atomic E-state index is -0.533. The Hall–Kier alpha value is -2.21. The number of halogens is 1. The SMILES string of the molecule is Cc1c(Cl)cccc1CC(=O)CCc1nnc(CC(=O)OC(C)(C)C)n1C1CC1. The maximum atomic E-state index is 12.5. The number of hydrogen-bond donors (Lipinski definition) is 0. The highest BCUT2D eigenvalue weighted by Gasteiger charge is 2.31. The predicted molar refractivity (Wildman–Crippen MR) is 111 cm³/mol. The molecular formula is C22H28ClN3O3. The molecule has 6 nitrogen and oxygen atoms in total. The molecule has 1 heterocycles. The van der Waals surface area contributed by atoms with E-state index in [2.05, 4.69) is 10.2 Å². The Morgan fingerprint density at radius 3 is 2.52 bits per heavy atom. The molecule has 1 saturated carbocycles. The number of carbonyl (C=O) groups excluding carboxylic acids is 2. The number of hydrogen-bond acceptors (Lipinski definition) is 5. The van der Waals surface area contributed by atoms with E-state index >= 15 is 0 Å². The van der Waals surface area contributed by atoms with Gasteiger partial charge in [0.05, 0.1) is 0 Å². The minimum absolute atomic E-state index is 0.0937. The Bertz CT molecular complexity index is 911. The summed E-state index contributed by atoms with van der Waals surface area (Å²) in [5.41, 5.74) is 1.37. The van der Waals surface area contributed by atoms with Gasteiger partial charge in [-0.1, -0.05) is 23.7 Å². The maximum Gasteiger partial charge on any atom is 0.314 e. The molecule has 0 radical (unpaired) electrons. The Labute approximate surface area is 176 Å². The van der Waals surface area contributed by atoms with E-state index in [9.17, 15) is 9.59 Å². The van der Waals surface area contributed by atoms with E-state index in [1.807, 2.05) is 50.5 Å². The first-order valence-electron chi connectivity index (χ1n) is 10.0. The van der Waals surface area contributed by atoms with Crippen LogP contribution in [0, 0.1) is 6.92 Å². The Balaban J connectivity index is 1.64. The second kappa shape index (κ2) is 8.66. The predicted octanol–water partition coefficient (Wildman–Crippen LogP) is 4.20. The third kappa shape index (κ3) is 5.89. The summed E-state index contributed by atoms with van der Waals surface area (Å²) in [5, 5.41) is 9.16. The minimum Gasteiger partial charge on any atom is -0.460 e. The number of carbonyl (C=O) groups is 2. The molecule has 0 N–H and O–H groups in total. The fourth-order valence-corrected chi connectivity index (χ4v) is 3.50. The quantitative estimate of drug-likeness (QED) is 0.601. The highest BCUT2D eigenvalue weighted by Crippen LogP contribution is 2.37. The van der Waals surface area contributed by atoms with Gasteiger partial charge in [0.25, 0.3) is 0 Å². The molecule has 3 rings (SSSR count). The van der Waals surface area contributed by atoms with Gasteiger partial charge in [-0.15, -0.1) is 10.2 Å². The second-order valence-corrected chi connectivity index (χ2v) is 9.04. The third-order valence-corrected chi connectivity index (χ3v) is 5.28. The molecule has 0 amide bonds. The first kappa shape index (κ1) is 21.5. The number of ketones is 1. The van der Waals surface area contributed by atoms with Crippen molar-refractivity contribution < 1.29 is 14.3 Å². The number of rotatable bonds is 8. The van der Waals surface area contributed by atoms with Crippen LogP contribution < -0.4 is 0 Å². The zero-order valence-corrected chi connectivity index (χ0v) is 18.3. The van der Waals surface area contributed by atoms with E-state index in [0.717, 1.165) is 29.8 Å². The van der Waals surface area contributed by atoms with Crippen molar-refractivity contribution in [2.24, 2.45) is 0 Å². The molecule has 0 spiro atoms. The van der Waals surface area contributed by atoms with Crippen molar-refractivity contribution >= 4 is 23.4 Å². The van der Waals surface area contributed by atoms with Crippen molar-refractivity contribution in [3.63, 3.8) is 0 Å². The van der Waals surface area contributed by atoms with E-state index in [-0.39, 0.29) is 18.2 Å². The average Bonchev–Trinajstić information content (AvgIpc) is 3.37. The molecule has 0 unspecified atom stereocenters. The first-order valence-corrected chi connectivity index (χ1v) is 10.4. The summed E-state index contributed by atoms with van der Waals surface area (Å²) in [5.74, 6) is 1.21. The van der Waals surface area contributed by atoms with Gasteiger partial charge in [-0.25, -0.2) is 0 Å². The van der Waals surface area contributed by atoms with Crippen LogP contribution in [-0.4, -0.2) is 32.1 Å². The van der Waals surface area contributed by atoms with Gasteiger partial charge in [-0.3, -0.25) is 9.59 Å². The van der Waals surface area contributed by atoms with Crippen LogP contribution in [0.25, 0.3) is 0 Å². The van der Waals surface area contributed by atoms with Gasteiger partial charge in [0.15, 0.2) is 0 Å². The van der Waals surface area contributed by atoms with Crippen LogP contribution in [0.1, 0.15) is 68.9 Å². The largest absolute Gasteiger partial charge is 0.460 e. The Morgan fingerprint density at radius 2 is 1.86 bits per heavy atom. The Kier molecular flexibility index (Phi) is 6.42. The van der Waals surface area contributed by atoms with Crippen molar-refractivity contribution in [2.45, 2.75) is 77.9 Å². The zero-order valence-electron chi connectivity index (χ0n) is 17.5. The fourth-order valence-electron chi connectivity index (χ4n) is 3.31. The van der Waals surface area contributed by atoms with Crippen LogP contribution in [0.4, 0.5) is 0 Å². The molecule has 0 saturated heterocycles. The molecule has 1 aromatic heterocycles. The van der Waals surface area contributed by atoms with Gasteiger partial charge < -0.3 is 9.30 Å². The molecule has 7 heteroatoms. The molecule has 29 heavy (non-hydrogen) atoms. The first-order chi connectivity index (χ1) is 13.6. The third-order valence-electron chi connectivity index (χ3n) is 4.87. The molecule has 0 atom stereocenters.